The zero-order valence-corrected chi connectivity index (χ0v) is 22.7. The monoisotopic (exact) mass is 502 g/mol. The van der Waals surface area contributed by atoms with Gasteiger partial charge in [0.2, 0.25) is 5.82 Å². The summed E-state index contributed by atoms with van der Waals surface area (Å²) in [5.74, 6) is 2.87. The van der Waals surface area contributed by atoms with Crippen molar-refractivity contribution in [3.63, 3.8) is 0 Å². The van der Waals surface area contributed by atoms with Crippen LogP contribution >= 0.6 is 0 Å². The summed E-state index contributed by atoms with van der Waals surface area (Å²) in [5.41, 5.74) is 0.281. The van der Waals surface area contributed by atoms with E-state index >= 15 is 0 Å². The van der Waals surface area contributed by atoms with Crippen molar-refractivity contribution < 1.29 is 18.3 Å². The van der Waals surface area contributed by atoms with Crippen LogP contribution in [0.2, 0.25) is 0 Å². The maximum atomic E-state index is 14.4. The Morgan fingerprint density at radius 3 is 1.89 bits per heavy atom. The molecule has 202 valence electrons. The first-order valence-electron chi connectivity index (χ1n) is 14.9. The number of hydrogen-bond donors (Lipinski definition) is 0. The maximum Gasteiger partial charge on any atom is 0.200 e. The summed E-state index contributed by atoms with van der Waals surface area (Å²) in [6.45, 7) is 4.33. The standard InChI is InChI=1S/C32H48F2O2/c1-3-5-6-7-23-8-10-24(11-9-23)25-12-14-26(15-13-25)27-16-19-29(20-17-27)36-22-28-18-21-30(35-4-2)32(34)31(28)33/h3,5,18,21,23-27,29H,4,6-17,19-20,22H2,1-2H3/b5-3+. The van der Waals surface area contributed by atoms with Gasteiger partial charge in [-0.1, -0.05) is 25.0 Å². The summed E-state index contributed by atoms with van der Waals surface area (Å²) in [7, 11) is 0. The fourth-order valence-electron chi connectivity index (χ4n) is 7.42. The highest BCUT2D eigenvalue weighted by Crippen LogP contribution is 2.46. The van der Waals surface area contributed by atoms with Crippen molar-refractivity contribution in [1.29, 1.82) is 0 Å². The lowest BCUT2D eigenvalue weighted by molar-refractivity contribution is -0.00527. The van der Waals surface area contributed by atoms with Crippen molar-refractivity contribution in [3.05, 3.63) is 41.5 Å². The molecule has 0 aromatic heterocycles. The molecule has 0 atom stereocenters. The Labute approximate surface area is 218 Å². The molecule has 0 heterocycles. The molecule has 0 spiro atoms. The minimum Gasteiger partial charge on any atom is -0.491 e. The molecule has 3 aliphatic carbocycles. The predicted octanol–water partition coefficient (Wildman–Crippen LogP) is 9.41. The molecule has 2 nitrogen and oxygen atoms in total. The SMILES string of the molecule is C/C=C/CCC1CCC(C2CCC(C3CCC(OCc4ccc(OCC)c(F)c4F)CC3)CC2)CC1. The Balaban J connectivity index is 1.14. The number of rotatable bonds is 10. The molecule has 1 aromatic carbocycles. The molecule has 3 fully saturated rings. The molecule has 0 radical (unpaired) electrons. The molecule has 3 aliphatic rings. The Kier molecular flexibility index (Phi) is 10.7. The number of ether oxygens (including phenoxy) is 2. The van der Waals surface area contributed by atoms with Crippen LogP contribution < -0.4 is 4.74 Å². The van der Waals surface area contributed by atoms with Gasteiger partial charge >= 0.3 is 0 Å². The second-order valence-electron chi connectivity index (χ2n) is 11.7. The Morgan fingerprint density at radius 2 is 1.33 bits per heavy atom. The lowest BCUT2D eigenvalue weighted by Gasteiger charge is -2.41. The summed E-state index contributed by atoms with van der Waals surface area (Å²) in [6, 6.07) is 3.09. The van der Waals surface area contributed by atoms with E-state index in [-0.39, 0.29) is 24.0 Å². The molecule has 0 N–H and O–H groups in total. The van der Waals surface area contributed by atoms with Crippen LogP contribution in [0.5, 0.6) is 5.75 Å². The topological polar surface area (TPSA) is 18.5 Å². The van der Waals surface area contributed by atoms with Crippen LogP contribution in [0, 0.1) is 41.2 Å². The lowest BCUT2D eigenvalue weighted by atomic mass is 9.65. The fraction of sp³-hybridized carbons (Fsp3) is 0.750. The summed E-state index contributed by atoms with van der Waals surface area (Å²) < 4.78 is 39.7. The van der Waals surface area contributed by atoms with Gasteiger partial charge in [0.1, 0.15) is 0 Å². The van der Waals surface area contributed by atoms with Gasteiger partial charge in [-0.05, 0) is 133 Å². The van der Waals surface area contributed by atoms with Crippen LogP contribution in [0.1, 0.15) is 109 Å². The molecule has 0 bridgehead atoms. The van der Waals surface area contributed by atoms with Crippen molar-refractivity contribution in [2.24, 2.45) is 29.6 Å². The average Bonchev–Trinajstić information content (AvgIpc) is 2.92. The normalized spacial score (nSPS) is 31.6. The molecule has 0 amide bonds. The van der Waals surface area contributed by atoms with Gasteiger partial charge in [-0.25, -0.2) is 4.39 Å². The number of allylic oxidation sites excluding steroid dienone is 2. The number of hydrogen-bond acceptors (Lipinski definition) is 2. The van der Waals surface area contributed by atoms with Crippen molar-refractivity contribution >= 4 is 0 Å². The van der Waals surface area contributed by atoms with E-state index in [0.717, 1.165) is 42.4 Å². The van der Waals surface area contributed by atoms with Crippen molar-refractivity contribution in [2.75, 3.05) is 6.61 Å². The van der Waals surface area contributed by atoms with Gasteiger partial charge < -0.3 is 9.47 Å². The number of benzene rings is 1. The third-order valence-electron chi connectivity index (χ3n) is 9.64. The van der Waals surface area contributed by atoms with Gasteiger partial charge in [0, 0.05) is 5.56 Å². The second-order valence-corrected chi connectivity index (χ2v) is 11.7. The summed E-state index contributed by atoms with van der Waals surface area (Å²) in [4.78, 5) is 0. The van der Waals surface area contributed by atoms with Crippen LogP contribution in [-0.2, 0) is 11.3 Å². The van der Waals surface area contributed by atoms with E-state index in [4.69, 9.17) is 9.47 Å². The molecule has 0 aliphatic heterocycles. The van der Waals surface area contributed by atoms with Gasteiger partial charge in [-0.2, -0.15) is 4.39 Å². The minimum absolute atomic E-state index is 0.0262. The van der Waals surface area contributed by atoms with Crippen LogP contribution in [-0.4, -0.2) is 12.7 Å². The first kappa shape index (κ1) is 27.6. The van der Waals surface area contributed by atoms with Gasteiger partial charge in [0.25, 0.3) is 0 Å². The van der Waals surface area contributed by atoms with E-state index in [1.54, 1.807) is 13.0 Å². The fourth-order valence-corrected chi connectivity index (χ4v) is 7.42. The smallest absolute Gasteiger partial charge is 0.200 e. The van der Waals surface area contributed by atoms with Gasteiger partial charge in [0.05, 0.1) is 19.3 Å². The first-order chi connectivity index (χ1) is 17.6. The van der Waals surface area contributed by atoms with Gasteiger partial charge in [-0.3, -0.25) is 0 Å². The van der Waals surface area contributed by atoms with E-state index in [1.165, 1.54) is 83.1 Å². The molecule has 1 aromatic rings. The van der Waals surface area contributed by atoms with E-state index in [1.807, 2.05) is 0 Å². The summed E-state index contributed by atoms with van der Waals surface area (Å²) in [5, 5.41) is 0. The lowest BCUT2D eigenvalue weighted by Crippen LogP contribution is -2.31. The summed E-state index contributed by atoms with van der Waals surface area (Å²) >= 11 is 0. The van der Waals surface area contributed by atoms with E-state index < -0.39 is 11.6 Å². The predicted molar refractivity (Wildman–Crippen MR) is 143 cm³/mol. The molecule has 3 saturated carbocycles. The highest BCUT2D eigenvalue weighted by atomic mass is 19.2. The molecule has 4 heteroatoms. The van der Waals surface area contributed by atoms with Crippen LogP contribution in [0.25, 0.3) is 0 Å². The van der Waals surface area contributed by atoms with Gasteiger partial charge in [-0.15, -0.1) is 0 Å². The Hall–Kier alpha value is -1.42. The van der Waals surface area contributed by atoms with Crippen molar-refractivity contribution in [2.45, 2.75) is 116 Å². The third-order valence-corrected chi connectivity index (χ3v) is 9.64. The third kappa shape index (κ3) is 7.33. The van der Waals surface area contributed by atoms with Crippen LogP contribution in [0.4, 0.5) is 8.78 Å². The average molecular weight is 503 g/mol. The molecular weight excluding hydrogens is 454 g/mol. The highest BCUT2D eigenvalue weighted by molar-refractivity contribution is 5.30. The highest BCUT2D eigenvalue weighted by Gasteiger charge is 2.34. The van der Waals surface area contributed by atoms with E-state index in [2.05, 4.69) is 19.1 Å². The molecular formula is C32H48F2O2. The Bertz CT molecular complexity index is 814. The van der Waals surface area contributed by atoms with Crippen molar-refractivity contribution in [3.8, 4) is 5.75 Å². The molecule has 0 saturated heterocycles. The molecule has 36 heavy (non-hydrogen) atoms. The summed E-state index contributed by atoms with van der Waals surface area (Å²) in [6.07, 6.45) is 23.4. The van der Waals surface area contributed by atoms with Crippen LogP contribution in [0.3, 0.4) is 0 Å². The van der Waals surface area contributed by atoms with E-state index in [0.29, 0.717) is 6.61 Å². The van der Waals surface area contributed by atoms with Gasteiger partial charge in [0.15, 0.2) is 11.6 Å². The van der Waals surface area contributed by atoms with E-state index in [9.17, 15) is 8.78 Å². The zero-order chi connectivity index (χ0) is 25.3. The molecule has 0 unspecified atom stereocenters. The largest absolute Gasteiger partial charge is 0.491 e. The quantitative estimate of drug-likeness (QED) is 0.297. The number of halogens is 2. The maximum absolute atomic E-state index is 14.4. The van der Waals surface area contributed by atoms with Crippen molar-refractivity contribution in [1.82, 2.24) is 0 Å². The van der Waals surface area contributed by atoms with Crippen LogP contribution in [0.15, 0.2) is 24.3 Å². The first-order valence-corrected chi connectivity index (χ1v) is 14.9. The second kappa shape index (κ2) is 13.9. The Morgan fingerprint density at radius 1 is 0.778 bits per heavy atom. The zero-order valence-electron chi connectivity index (χ0n) is 22.7. The molecule has 4 rings (SSSR count). The minimum atomic E-state index is -0.908.